The second-order valence-electron chi connectivity index (χ2n) is 9.22. The summed E-state index contributed by atoms with van der Waals surface area (Å²) >= 11 is 0. The van der Waals surface area contributed by atoms with Crippen LogP contribution >= 0.6 is 7.59 Å². The molecule has 3 aliphatic carbocycles. The molecule has 28 heavy (non-hydrogen) atoms. The highest BCUT2D eigenvalue weighted by atomic mass is 31.2. The van der Waals surface area contributed by atoms with Crippen LogP contribution in [0.1, 0.15) is 82.6 Å². The van der Waals surface area contributed by atoms with Crippen molar-refractivity contribution in [3.05, 3.63) is 35.9 Å². The first-order valence-electron chi connectivity index (χ1n) is 11.6. The van der Waals surface area contributed by atoms with E-state index >= 15 is 0 Å². The van der Waals surface area contributed by atoms with Crippen LogP contribution < -0.4 is 0 Å². The first kappa shape index (κ1) is 19.0. The molecule has 1 aliphatic heterocycles. The molecule has 0 aromatic heterocycles. The van der Waals surface area contributed by atoms with Crippen molar-refractivity contribution >= 4 is 13.8 Å². The van der Waals surface area contributed by atoms with Crippen molar-refractivity contribution in [2.75, 3.05) is 0 Å². The minimum atomic E-state index is -2.92. The molecule has 1 saturated heterocycles. The Balaban J connectivity index is 1.56. The topological polar surface area (TPSA) is 35.9 Å². The van der Waals surface area contributed by atoms with Crippen LogP contribution in [0.3, 0.4) is 0 Å². The minimum Gasteiger partial charge on any atom is -0.262 e. The molecule has 0 unspecified atom stereocenters. The molecule has 1 aromatic carbocycles. The maximum absolute atomic E-state index is 14.8. The van der Waals surface area contributed by atoms with Gasteiger partial charge in [-0.25, -0.2) is 14.1 Å². The van der Waals surface area contributed by atoms with Crippen LogP contribution in [0.15, 0.2) is 35.1 Å². The third-order valence-corrected chi connectivity index (χ3v) is 10.4. The Bertz CT molecular complexity index is 703. The number of nitrogens with zero attached hydrogens (tertiary/aromatic N) is 3. The van der Waals surface area contributed by atoms with Gasteiger partial charge >= 0.3 is 7.59 Å². The third kappa shape index (κ3) is 3.32. The third-order valence-electron chi connectivity index (χ3n) is 7.53. The monoisotopic (exact) mass is 399 g/mol. The Morgan fingerprint density at radius 3 is 1.71 bits per heavy atom. The fraction of sp³-hybridized carbons (Fsp3) is 0.696. The van der Waals surface area contributed by atoms with Gasteiger partial charge in [0.2, 0.25) is 0 Å². The molecule has 1 aromatic rings. The first-order valence-corrected chi connectivity index (χ1v) is 13.1. The van der Waals surface area contributed by atoms with Crippen molar-refractivity contribution in [2.45, 2.75) is 101 Å². The van der Waals surface area contributed by atoms with Crippen LogP contribution in [-0.2, 0) is 4.57 Å². The molecule has 0 N–H and O–H groups in total. The summed E-state index contributed by atoms with van der Waals surface area (Å²) in [7, 11) is -2.92. The van der Waals surface area contributed by atoms with E-state index in [-0.39, 0.29) is 0 Å². The lowest BCUT2D eigenvalue weighted by Gasteiger charge is -2.34. The van der Waals surface area contributed by atoms with Gasteiger partial charge in [0.25, 0.3) is 0 Å². The lowest BCUT2D eigenvalue weighted by atomic mass is 9.89. The van der Waals surface area contributed by atoms with E-state index in [1.807, 2.05) is 24.4 Å². The maximum atomic E-state index is 14.8. The van der Waals surface area contributed by atoms with Gasteiger partial charge in [0.1, 0.15) is 0 Å². The molecule has 0 bridgehead atoms. The Labute approximate surface area is 169 Å². The molecule has 0 amide bonds. The largest absolute Gasteiger partial charge is 0.330 e. The minimum absolute atomic E-state index is 0.455. The normalized spacial score (nSPS) is 32.4. The van der Waals surface area contributed by atoms with Crippen molar-refractivity contribution in [1.82, 2.24) is 9.34 Å². The maximum Gasteiger partial charge on any atom is 0.330 e. The highest BCUT2D eigenvalue weighted by Crippen LogP contribution is 2.68. The molecule has 152 valence electrons. The van der Waals surface area contributed by atoms with Crippen LogP contribution in [0.2, 0.25) is 0 Å². The van der Waals surface area contributed by atoms with Gasteiger partial charge in [-0.3, -0.25) is 4.57 Å². The number of hydrogen-bond donors (Lipinski definition) is 0. The predicted molar refractivity (Wildman–Crippen MR) is 116 cm³/mol. The average molecular weight is 400 g/mol. The van der Waals surface area contributed by atoms with Crippen molar-refractivity contribution < 1.29 is 4.57 Å². The second kappa shape index (κ2) is 8.05. The van der Waals surface area contributed by atoms with Gasteiger partial charge < -0.3 is 0 Å². The summed E-state index contributed by atoms with van der Waals surface area (Å²) in [6.45, 7) is 0. The fourth-order valence-electron chi connectivity index (χ4n) is 6.32. The van der Waals surface area contributed by atoms with Crippen LogP contribution in [0, 0.1) is 0 Å². The Morgan fingerprint density at radius 1 is 0.750 bits per heavy atom. The zero-order chi connectivity index (χ0) is 19.0. The van der Waals surface area contributed by atoms with Gasteiger partial charge in [0.05, 0.1) is 0 Å². The first-order chi connectivity index (χ1) is 13.8. The Kier molecular flexibility index (Phi) is 5.47. The highest BCUT2D eigenvalue weighted by Gasteiger charge is 2.59. The smallest absolute Gasteiger partial charge is 0.262 e. The number of hydrogen-bond acceptors (Lipinski definition) is 1. The van der Waals surface area contributed by atoms with Gasteiger partial charge in [0.15, 0.2) is 0 Å². The average Bonchev–Trinajstić information content (AvgIpc) is 3.46. The van der Waals surface area contributed by atoms with Gasteiger partial charge in [-0.1, -0.05) is 68.9 Å². The summed E-state index contributed by atoms with van der Waals surface area (Å²) in [5.41, 5.74) is 1.06. The van der Waals surface area contributed by atoms with Crippen LogP contribution in [0.5, 0.6) is 0 Å². The van der Waals surface area contributed by atoms with E-state index < -0.39 is 7.59 Å². The zero-order valence-electron chi connectivity index (χ0n) is 17.0. The van der Waals surface area contributed by atoms with E-state index in [9.17, 15) is 4.57 Å². The molecule has 0 spiro atoms. The van der Waals surface area contributed by atoms with E-state index in [0.29, 0.717) is 24.2 Å². The Hall–Kier alpha value is -0.960. The molecule has 2 atom stereocenters. The van der Waals surface area contributed by atoms with Crippen molar-refractivity contribution in [2.24, 2.45) is 4.76 Å². The van der Waals surface area contributed by atoms with Crippen LogP contribution in [0.4, 0.5) is 0 Å². The predicted octanol–water partition coefficient (Wildman–Crippen LogP) is 6.03. The standard InChI is InChI=1S/C23H34N3OP/c27-28(24-18-19-10-2-1-3-11-19)25(20-12-4-5-13-20)22-16-8-9-17-23(22)26(28)21-14-6-7-15-21/h1-3,10-11,18,20-23H,4-9,12-17H2/b24-18+/t22-,23-/m1/s1. The van der Waals surface area contributed by atoms with E-state index in [2.05, 4.69) is 21.5 Å². The fourth-order valence-corrected chi connectivity index (χ4v) is 9.70. The molecular formula is C23H34N3OP. The van der Waals surface area contributed by atoms with Gasteiger partial charge in [0, 0.05) is 30.4 Å². The summed E-state index contributed by atoms with van der Waals surface area (Å²) in [5, 5.41) is 0. The van der Waals surface area contributed by atoms with E-state index in [1.165, 1.54) is 77.0 Å². The highest BCUT2D eigenvalue weighted by molar-refractivity contribution is 7.58. The number of benzene rings is 1. The van der Waals surface area contributed by atoms with Gasteiger partial charge in [-0.15, -0.1) is 0 Å². The number of fused-ring (bicyclic) bond motifs is 1. The molecule has 1 heterocycles. The molecular weight excluding hydrogens is 365 g/mol. The molecule has 5 heteroatoms. The molecule has 4 nitrogen and oxygen atoms in total. The lowest BCUT2D eigenvalue weighted by Crippen LogP contribution is -2.44. The van der Waals surface area contributed by atoms with Gasteiger partial charge in [-0.05, 0) is 44.1 Å². The Morgan fingerprint density at radius 2 is 1.21 bits per heavy atom. The lowest BCUT2D eigenvalue weighted by molar-refractivity contribution is 0.159. The van der Waals surface area contributed by atoms with E-state index in [0.717, 1.165) is 5.56 Å². The summed E-state index contributed by atoms with van der Waals surface area (Å²) < 4.78 is 24.8. The summed E-state index contributed by atoms with van der Waals surface area (Å²) in [6, 6.07) is 12.1. The van der Waals surface area contributed by atoms with E-state index in [4.69, 9.17) is 4.76 Å². The molecule has 0 radical (unpaired) electrons. The number of rotatable bonds is 4. The van der Waals surface area contributed by atoms with E-state index in [1.54, 1.807) is 0 Å². The van der Waals surface area contributed by atoms with Crippen molar-refractivity contribution in [1.29, 1.82) is 0 Å². The quantitative estimate of drug-likeness (QED) is 0.458. The molecule has 3 saturated carbocycles. The molecule has 5 rings (SSSR count). The van der Waals surface area contributed by atoms with Crippen molar-refractivity contribution in [3.63, 3.8) is 0 Å². The van der Waals surface area contributed by atoms with Crippen molar-refractivity contribution in [3.8, 4) is 0 Å². The molecule has 4 aliphatic rings. The summed E-state index contributed by atoms with van der Waals surface area (Å²) in [5.74, 6) is 0. The molecule has 4 fully saturated rings. The SMILES string of the molecule is O=P1(/N=C/c2ccccc2)N(C2CCCC2)[C@@H]2CCCC[C@H]2N1C1CCCC1. The zero-order valence-corrected chi connectivity index (χ0v) is 17.9. The van der Waals surface area contributed by atoms with Crippen LogP contribution in [0.25, 0.3) is 0 Å². The van der Waals surface area contributed by atoms with Gasteiger partial charge in [-0.2, -0.15) is 0 Å². The van der Waals surface area contributed by atoms with Crippen LogP contribution in [-0.4, -0.2) is 39.7 Å². The summed E-state index contributed by atoms with van der Waals surface area (Å²) in [4.78, 5) is 0. The second-order valence-corrected chi connectivity index (χ2v) is 11.4. The summed E-state index contributed by atoms with van der Waals surface area (Å²) in [6.07, 6.45) is 16.8.